The number of nitrogens with zero attached hydrogens (tertiary/aromatic N) is 1. The molecule has 0 aliphatic heterocycles. The van der Waals surface area contributed by atoms with Crippen LogP contribution in [0.4, 0.5) is 0 Å². The largest absolute Gasteiger partial charge is 0.466 e. The molecule has 104 valence electrons. The van der Waals surface area contributed by atoms with Crippen molar-refractivity contribution in [3.8, 4) is 0 Å². The summed E-state index contributed by atoms with van der Waals surface area (Å²) in [7, 11) is 0. The number of nitrogens with two attached hydrogens (primary N) is 1. The highest BCUT2D eigenvalue weighted by Crippen LogP contribution is 2.30. The van der Waals surface area contributed by atoms with Crippen molar-refractivity contribution in [1.82, 2.24) is 4.98 Å². The normalized spacial score (nSPS) is 13.0. The molecular formula is C16H18N2OS. The Morgan fingerprint density at radius 2 is 1.95 bits per heavy atom. The van der Waals surface area contributed by atoms with Gasteiger partial charge in [0.1, 0.15) is 11.5 Å². The van der Waals surface area contributed by atoms with Gasteiger partial charge in [-0.05, 0) is 38.5 Å². The summed E-state index contributed by atoms with van der Waals surface area (Å²) in [4.78, 5) is 4.65. The Hall–Kier alpha value is -1.65. The average Bonchev–Trinajstić information content (AvgIpc) is 2.90. The summed E-state index contributed by atoms with van der Waals surface area (Å²) >= 11 is 1.72. The summed E-state index contributed by atoms with van der Waals surface area (Å²) < 4.78 is 6.88. The van der Waals surface area contributed by atoms with Gasteiger partial charge in [-0.3, -0.25) is 0 Å². The Morgan fingerprint density at radius 3 is 2.60 bits per heavy atom. The van der Waals surface area contributed by atoms with Gasteiger partial charge in [-0.2, -0.15) is 0 Å². The van der Waals surface area contributed by atoms with E-state index in [4.69, 9.17) is 10.2 Å². The third kappa shape index (κ3) is 2.25. The number of para-hydroxylation sites is 1. The first-order valence-electron chi connectivity index (χ1n) is 6.72. The first-order chi connectivity index (χ1) is 9.56. The van der Waals surface area contributed by atoms with E-state index in [-0.39, 0.29) is 6.04 Å². The maximum Gasteiger partial charge on any atom is 0.106 e. The molecule has 2 aromatic heterocycles. The zero-order chi connectivity index (χ0) is 14.3. The van der Waals surface area contributed by atoms with Gasteiger partial charge in [0.05, 0.1) is 15.2 Å². The van der Waals surface area contributed by atoms with Crippen LogP contribution < -0.4 is 5.73 Å². The summed E-state index contributed by atoms with van der Waals surface area (Å²) in [6.45, 7) is 6.03. The molecule has 0 saturated carbocycles. The first kappa shape index (κ1) is 13.3. The molecule has 1 atom stereocenters. The molecule has 4 heteroatoms. The van der Waals surface area contributed by atoms with Gasteiger partial charge in [0.25, 0.3) is 0 Å². The molecule has 0 fully saturated rings. The number of furan rings is 1. The van der Waals surface area contributed by atoms with Gasteiger partial charge in [0, 0.05) is 18.0 Å². The highest BCUT2D eigenvalue weighted by atomic mass is 32.1. The van der Waals surface area contributed by atoms with Gasteiger partial charge in [-0.1, -0.05) is 12.1 Å². The molecule has 0 amide bonds. The minimum absolute atomic E-state index is 0.0620. The van der Waals surface area contributed by atoms with Gasteiger partial charge < -0.3 is 10.2 Å². The molecule has 3 rings (SSSR count). The van der Waals surface area contributed by atoms with Gasteiger partial charge in [0.15, 0.2) is 0 Å². The topological polar surface area (TPSA) is 52.0 Å². The molecule has 3 nitrogen and oxygen atoms in total. The fourth-order valence-electron chi connectivity index (χ4n) is 2.65. The van der Waals surface area contributed by atoms with E-state index in [1.165, 1.54) is 4.70 Å². The molecule has 0 radical (unpaired) electrons. The molecule has 0 aliphatic rings. The Balaban J connectivity index is 1.90. The van der Waals surface area contributed by atoms with Crippen molar-refractivity contribution in [3.05, 3.63) is 51.9 Å². The van der Waals surface area contributed by atoms with Crippen LogP contribution in [0.5, 0.6) is 0 Å². The number of rotatable bonds is 3. The lowest BCUT2D eigenvalue weighted by Crippen LogP contribution is -2.14. The Labute approximate surface area is 122 Å². The summed E-state index contributed by atoms with van der Waals surface area (Å²) in [6.07, 6.45) is 0.750. The van der Waals surface area contributed by atoms with Crippen molar-refractivity contribution in [3.63, 3.8) is 0 Å². The Morgan fingerprint density at radius 1 is 1.20 bits per heavy atom. The van der Waals surface area contributed by atoms with Crippen LogP contribution in [-0.2, 0) is 6.42 Å². The molecule has 3 aromatic rings. The quantitative estimate of drug-likeness (QED) is 0.790. The molecule has 20 heavy (non-hydrogen) atoms. The predicted molar refractivity (Wildman–Crippen MR) is 83.2 cm³/mol. The second kappa shape index (κ2) is 5.04. The van der Waals surface area contributed by atoms with E-state index < -0.39 is 0 Å². The van der Waals surface area contributed by atoms with Crippen LogP contribution in [0, 0.1) is 20.8 Å². The Bertz CT molecular complexity index is 724. The van der Waals surface area contributed by atoms with Gasteiger partial charge in [-0.25, -0.2) is 4.98 Å². The summed E-state index contributed by atoms with van der Waals surface area (Å²) in [6, 6.07) is 8.13. The summed E-state index contributed by atoms with van der Waals surface area (Å²) in [5, 5.41) is 1.08. The van der Waals surface area contributed by atoms with E-state index in [2.05, 4.69) is 18.0 Å². The number of hydrogen-bond donors (Lipinski definition) is 1. The summed E-state index contributed by atoms with van der Waals surface area (Å²) in [5.41, 5.74) is 9.71. The lowest BCUT2D eigenvalue weighted by molar-refractivity contribution is 0.496. The van der Waals surface area contributed by atoms with E-state index >= 15 is 0 Å². The van der Waals surface area contributed by atoms with Crippen LogP contribution in [-0.4, -0.2) is 4.98 Å². The molecule has 0 bridgehead atoms. The van der Waals surface area contributed by atoms with Crippen molar-refractivity contribution in [1.29, 1.82) is 0 Å². The molecule has 0 spiro atoms. The van der Waals surface area contributed by atoms with Crippen LogP contribution >= 0.6 is 11.3 Å². The van der Waals surface area contributed by atoms with Crippen LogP contribution in [0.1, 0.15) is 33.7 Å². The average molecular weight is 286 g/mol. The van der Waals surface area contributed by atoms with E-state index in [1.807, 2.05) is 32.0 Å². The molecule has 2 heterocycles. The van der Waals surface area contributed by atoms with E-state index in [9.17, 15) is 0 Å². The summed E-state index contributed by atoms with van der Waals surface area (Å²) in [5.74, 6) is 1.88. The van der Waals surface area contributed by atoms with Gasteiger partial charge in [-0.15, -0.1) is 11.3 Å². The Kier molecular flexibility index (Phi) is 3.36. The van der Waals surface area contributed by atoms with Crippen LogP contribution in [0.25, 0.3) is 10.2 Å². The second-order valence-corrected chi connectivity index (χ2v) is 6.25. The molecule has 1 aromatic carbocycles. The number of thiazole rings is 1. The molecule has 2 N–H and O–H groups in total. The van der Waals surface area contributed by atoms with Crippen molar-refractivity contribution in [2.75, 3.05) is 0 Å². The smallest absolute Gasteiger partial charge is 0.106 e. The first-order valence-corrected chi connectivity index (χ1v) is 7.54. The zero-order valence-corrected chi connectivity index (χ0v) is 12.8. The van der Waals surface area contributed by atoms with Crippen molar-refractivity contribution >= 4 is 21.6 Å². The molecule has 0 saturated heterocycles. The van der Waals surface area contributed by atoms with Crippen molar-refractivity contribution in [2.24, 2.45) is 5.73 Å². The lowest BCUT2D eigenvalue weighted by atomic mass is 10.0. The lowest BCUT2D eigenvalue weighted by Gasteiger charge is -2.10. The third-order valence-electron chi connectivity index (χ3n) is 3.72. The standard InChI is InChI=1S/C16H18N2OS/c1-9-10(2)19-11(3)16(9)12(17)8-15-18-13-6-4-5-7-14(13)20-15/h4-7,12H,8,17H2,1-3H3. The van der Waals surface area contributed by atoms with E-state index in [1.54, 1.807) is 11.3 Å². The van der Waals surface area contributed by atoms with Crippen molar-refractivity contribution < 1.29 is 4.42 Å². The van der Waals surface area contributed by atoms with Crippen LogP contribution in [0.15, 0.2) is 28.7 Å². The predicted octanol–water partition coefficient (Wildman–Crippen LogP) is 4.06. The third-order valence-corrected chi connectivity index (χ3v) is 4.78. The van der Waals surface area contributed by atoms with Gasteiger partial charge in [0.2, 0.25) is 0 Å². The highest BCUT2D eigenvalue weighted by molar-refractivity contribution is 7.18. The van der Waals surface area contributed by atoms with Crippen LogP contribution in [0.3, 0.4) is 0 Å². The fourth-order valence-corrected chi connectivity index (χ4v) is 3.68. The minimum atomic E-state index is -0.0620. The van der Waals surface area contributed by atoms with Crippen LogP contribution in [0.2, 0.25) is 0 Å². The minimum Gasteiger partial charge on any atom is -0.466 e. The van der Waals surface area contributed by atoms with Crippen molar-refractivity contribution in [2.45, 2.75) is 33.2 Å². The SMILES string of the molecule is Cc1oc(C)c(C(N)Cc2nc3ccccc3s2)c1C. The number of aryl methyl sites for hydroxylation is 2. The zero-order valence-electron chi connectivity index (χ0n) is 11.9. The second-order valence-electron chi connectivity index (χ2n) is 5.14. The maximum absolute atomic E-state index is 6.37. The fraction of sp³-hybridized carbons (Fsp3) is 0.312. The number of aromatic nitrogens is 1. The highest BCUT2D eigenvalue weighted by Gasteiger charge is 2.19. The number of fused-ring (bicyclic) bond motifs is 1. The van der Waals surface area contributed by atoms with E-state index in [0.29, 0.717) is 0 Å². The molecule has 1 unspecified atom stereocenters. The molecule has 0 aliphatic carbocycles. The van der Waals surface area contributed by atoms with E-state index in [0.717, 1.165) is 39.6 Å². The maximum atomic E-state index is 6.37. The number of benzene rings is 1. The van der Waals surface area contributed by atoms with Gasteiger partial charge >= 0.3 is 0 Å². The molecular weight excluding hydrogens is 268 g/mol. The number of hydrogen-bond acceptors (Lipinski definition) is 4. The monoisotopic (exact) mass is 286 g/mol.